The van der Waals surface area contributed by atoms with Gasteiger partial charge in [-0.1, -0.05) is 51.1 Å². The van der Waals surface area contributed by atoms with Crippen molar-refractivity contribution in [2.24, 2.45) is 0 Å². The van der Waals surface area contributed by atoms with E-state index in [9.17, 15) is 5.11 Å². The average Bonchev–Trinajstić information content (AvgIpc) is 3.11. The number of hydrogen-bond acceptors (Lipinski definition) is 4. The number of benzene rings is 2. The van der Waals surface area contributed by atoms with E-state index in [1.165, 1.54) is 5.56 Å². The second-order valence-corrected chi connectivity index (χ2v) is 9.45. The van der Waals surface area contributed by atoms with Crippen LogP contribution in [-0.2, 0) is 16.7 Å². The van der Waals surface area contributed by atoms with Gasteiger partial charge in [0.05, 0.1) is 25.9 Å². The maximum absolute atomic E-state index is 9.99. The van der Waals surface area contributed by atoms with Gasteiger partial charge < -0.3 is 14.3 Å². The van der Waals surface area contributed by atoms with Gasteiger partial charge in [-0.3, -0.25) is 0 Å². The number of hydrogen-bond donors (Lipinski definition) is 1. The number of aromatic hydroxyl groups is 1. The average molecular weight is 408 g/mol. The largest absolute Gasteiger partial charge is 0.508 e. The van der Waals surface area contributed by atoms with Crippen LogP contribution in [0.4, 0.5) is 0 Å². The molecule has 0 atom stereocenters. The molecule has 3 aromatic rings. The first-order valence-electron chi connectivity index (χ1n) is 10.5. The van der Waals surface area contributed by atoms with Crippen LogP contribution in [0.5, 0.6) is 5.75 Å². The van der Waals surface area contributed by atoms with Crippen molar-refractivity contribution in [1.82, 2.24) is 14.8 Å². The molecule has 158 valence electrons. The van der Waals surface area contributed by atoms with E-state index in [1.54, 1.807) is 12.1 Å². The van der Waals surface area contributed by atoms with Crippen LogP contribution in [0.3, 0.4) is 0 Å². The molecule has 1 fully saturated rings. The minimum atomic E-state index is 0.0949. The summed E-state index contributed by atoms with van der Waals surface area (Å²) in [4.78, 5) is 4.93. The second kappa shape index (κ2) is 7.85. The van der Waals surface area contributed by atoms with Crippen molar-refractivity contribution in [2.45, 2.75) is 32.7 Å². The van der Waals surface area contributed by atoms with E-state index in [2.05, 4.69) is 52.1 Å². The molecule has 0 aliphatic carbocycles. The minimum Gasteiger partial charge on any atom is -0.508 e. The lowest BCUT2D eigenvalue weighted by Gasteiger charge is -2.36. The summed E-state index contributed by atoms with van der Waals surface area (Å²) in [5.74, 6) is 1.80. The summed E-state index contributed by atoms with van der Waals surface area (Å²) >= 11 is 0. The van der Waals surface area contributed by atoms with E-state index < -0.39 is 0 Å². The maximum Gasteiger partial charge on any atom is 0.206 e. The van der Waals surface area contributed by atoms with Gasteiger partial charge in [0.2, 0.25) is 5.82 Å². The lowest BCUT2D eigenvalue weighted by molar-refractivity contribution is -0.930. The van der Waals surface area contributed by atoms with Crippen LogP contribution in [0.2, 0.25) is 0 Å². The summed E-state index contributed by atoms with van der Waals surface area (Å²) in [6, 6.07) is 15.7. The van der Waals surface area contributed by atoms with Crippen molar-refractivity contribution < 1.29 is 14.3 Å². The van der Waals surface area contributed by atoms with Gasteiger partial charge in [-0.2, -0.15) is 0 Å². The molecule has 0 saturated carbocycles. The summed E-state index contributed by atoms with van der Waals surface area (Å²) < 4.78 is 8.24. The molecule has 2 aromatic carbocycles. The molecule has 1 N–H and O–H groups in total. The van der Waals surface area contributed by atoms with E-state index in [4.69, 9.17) is 14.8 Å². The van der Waals surface area contributed by atoms with Crippen molar-refractivity contribution in [1.29, 1.82) is 0 Å². The molecule has 1 aliphatic heterocycles. The molecule has 0 radical (unpaired) electrons. The molecule has 6 heteroatoms. The normalized spacial score (nSPS) is 16.5. The van der Waals surface area contributed by atoms with Crippen molar-refractivity contribution in [3.63, 3.8) is 0 Å². The van der Waals surface area contributed by atoms with Crippen LogP contribution >= 0.6 is 0 Å². The number of nitrogens with zero attached hydrogens (tertiary/aromatic N) is 4. The third-order valence-electron chi connectivity index (χ3n) is 5.81. The van der Waals surface area contributed by atoms with Crippen LogP contribution in [0, 0.1) is 0 Å². The number of ether oxygens (including phenoxy) is 1. The highest BCUT2D eigenvalue weighted by Gasteiger charge is 2.28. The molecule has 2 heterocycles. The predicted molar refractivity (Wildman–Crippen MR) is 118 cm³/mol. The first-order valence-corrected chi connectivity index (χ1v) is 10.5. The van der Waals surface area contributed by atoms with Gasteiger partial charge in [0.15, 0.2) is 5.82 Å². The Morgan fingerprint density at radius 1 is 1.07 bits per heavy atom. The predicted octanol–water partition coefficient (Wildman–Crippen LogP) is 3.91. The van der Waals surface area contributed by atoms with Crippen LogP contribution in [0.15, 0.2) is 48.5 Å². The summed E-state index contributed by atoms with van der Waals surface area (Å²) in [5.41, 5.74) is 3.18. The van der Waals surface area contributed by atoms with E-state index >= 15 is 0 Å². The zero-order chi connectivity index (χ0) is 21.4. The summed E-state index contributed by atoms with van der Waals surface area (Å²) in [6.07, 6.45) is 0. The van der Waals surface area contributed by atoms with Gasteiger partial charge in [0.25, 0.3) is 0 Å². The molecule has 6 nitrogen and oxygen atoms in total. The second-order valence-electron chi connectivity index (χ2n) is 9.45. The fourth-order valence-electron chi connectivity index (χ4n) is 3.82. The van der Waals surface area contributed by atoms with Crippen molar-refractivity contribution in [2.75, 3.05) is 33.4 Å². The van der Waals surface area contributed by atoms with E-state index in [0.717, 1.165) is 60.2 Å². The lowest BCUT2D eigenvalue weighted by atomic mass is 9.87. The highest BCUT2D eigenvalue weighted by atomic mass is 16.5. The minimum absolute atomic E-state index is 0.0949. The summed E-state index contributed by atoms with van der Waals surface area (Å²) in [6.45, 7) is 10.8. The smallest absolute Gasteiger partial charge is 0.206 e. The number of likely N-dealkylation sites (N-methyl/N-ethyl adjacent to an activating group) is 1. The third kappa shape index (κ3) is 4.40. The number of aromatic nitrogens is 3. The van der Waals surface area contributed by atoms with Crippen LogP contribution in [0.1, 0.15) is 32.2 Å². The molecular weight excluding hydrogens is 376 g/mol. The Labute approximate surface area is 178 Å². The third-order valence-corrected chi connectivity index (χ3v) is 5.81. The molecule has 1 aliphatic rings. The zero-order valence-electron chi connectivity index (χ0n) is 18.3. The Kier molecular flexibility index (Phi) is 5.38. The molecule has 0 unspecified atom stereocenters. The Bertz CT molecular complexity index is 1010. The number of rotatable bonds is 4. The van der Waals surface area contributed by atoms with Crippen molar-refractivity contribution in [3.05, 3.63) is 59.9 Å². The highest BCUT2D eigenvalue weighted by Crippen LogP contribution is 2.28. The fourth-order valence-corrected chi connectivity index (χ4v) is 3.82. The summed E-state index contributed by atoms with van der Waals surface area (Å²) in [7, 11) is 2.23. The molecule has 4 rings (SSSR count). The standard InChI is InChI=1S/C24H30N4O2/c1-24(2,3)19-10-8-18(9-11-19)23-25-22(17-28(4)12-14-30-15-13-28)26-27(23)20-6-5-7-21(29)16-20/h5-11,16H,12-15,17H2,1-4H3/p+1. The van der Waals surface area contributed by atoms with Gasteiger partial charge in [-0.05, 0) is 23.1 Å². The SMILES string of the molecule is CC(C)(C)c1ccc(-c2nc(C[N+]3(C)CCOCC3)nn2-c2cccc(O)c2)cc1. The van der Waals surface area contributed by atoms with Crippen LogP contribution in [-0.4, -0.2) is 57.7 Å². The van der Waals surface area contributed by atoms with Crippen molar-refractivity contribution >= 4 is 0 Å². The Morgan fingerprint density at radius 3 is 2.40 bits per heavy atom. The van der Waals surface area contributed by atoms with Crippen LogP contribution < -0.4 is 0 Å². The van der Waals surface area contributed by atoms with E-state index in [0.29, 0.717) is 0 Å². The Balaban J connectivity index is 1.75. The number of morpholine rings is 1. The number of quaternary nitrogens is 1. The zero-order valence-corrected chi connectivity index (χ0v) is 18.3. The summed E-state index contributed by atoms with van der Waals surface area (Å²) in [5, 5.41) is 14.8. The van der Waals surface area contributed by atoms with E-state index in [-0.39, 0.29) is 11.2 Å². The monoisotopic (exact) mass is 407 g/mol. The molecule has 1 saturated heterocycles. The fraction of sp³-hybridized carbons (Fsp3) is 0.417. The first kappa shape index (κ1) is 20.6. The maximum atomic E-state index is 9.99. The molecule has 0 spiro atoms. The van der Waals surface area contributed by atoms with E-state index in [1.807, 2.05) is 16.8 Å². The molecular formula is C24H31N4O2+. The number of phenolic OH excluding ortho intramolecular Hbond substituents is 1. The van der Waals surface area contributed by atoms with Gasteiger partial charge >= 0.3 is 0 Å². The Morgan fingerprint density at radius 2 is 1.77 bits per heavy atom. The van der Waals surface area contributed by atoms with Gasteiger partial charge in [0.1, 0.15) is 25.4 Å². The molecule has 0 amide bonds. The molecule has 1 aromatic heterocycles. The van der Waals surface area contributed by atoms with Crippen molar-refractivity contribution in [3.8, 4) is 22.8 Å². The van der Waals surface area contributed by atoms with Gasteiger partial charge in [0, 0.05) is 11.6 Å². The Hall–Kier alpha value is -2.70. The lowest BCUT2D eigenvalue weighted by Crippen LogP contribution is -2.51. The van der Waals surface area contributed by atoms with Gasteiger partial charge in [-0.15, -0.1) is 5.10 Å². The first-order chi connectivity index (χ1) is 14.2. The molecule has 0 bridgehead atoms. The number of phenols is 1. The highest BCUT2D eigenvalue weighted by molar-refractivity contribution is 5.59. The topological polar surface area (TPSA) is 60.2 Å². The quantitative estimate of drug-likeness (QED) is 0.666. The van der Waals surface area contributed by atoms with Crippen LogP contribution in [0.25, 0.3) is 17.1 Å². The molecule has 30 heavy (non-hydrogen) atoms. The van der Waals surface area contributed by atoms with Gasteiger partial charge in [-0.25, -0.2) is 9.67 Å².